The van der Waals surface area contributed by atoms with Crippen molar-refractivity contribution in [3.8, 4) is 0 Å². The van der Waals surface area contributed by atoms with Crippen molar-refractivity contribution in [2.24, 2.45) is 5.73 Å². The van der Waals surface area contributed by atoms with Gasteiger partial charge in [0, 0.05) is 5.56 Å². The summed E-state index contributed by atoms with van der Waals surface area (Å²) in [6.45, 7) is 0. The number of hydrogen-bond acceptors (Lipinski definition) is 3. The van der Waals surface area contributed by atoms with Crippen molar-refractivity contribution < 1.29 is 18.3 Å². The molecule has 1 aromatic carbocycles. The molecule has 3 nitrogen and oxygen atoms in total. The van der Waals surface area contributed by atoms with Crippen LogP contribution in [0, 0.1) is 0 Å². The number of hydrogen-bond donors (Lipinski definition) is 1. The predicted octanol–water partition coefficient (Wildman–Crippen LogP) is 1.67. The number of benzene rings is 1. The second-order valence-electron chi connectivity index (χ2n) is 3.38. The average molecular weight is 229 g/mol. The molecule has 1 aromatic rings. The van der Waals surface area contributed by atoms with Crippen molar-refractivity contribution in [3.63, 3.8) is 0 Å². The molecule has 0 fully saturated rings. The van der Waals surface area contributed by atoms with E-state index in [0.29, 0.717) is 5.56 Å². The standard InChI is InChI=1S/C11H13F2NO2/c1-16-11(15)9(14)6-7-3-2-4-8(5-7)10(12)13/h2-5,9-10H,6,14H2,1H3/t9-/m0/s1. The number of methoxy groups -OCH3 is 1. The van der Waals surface area contributed by atoms with Crippen LogP contribution in [-0.2, 0) is 16.0 Å². The highest BCUT2D eigenvalue weighted by atomic mass is 19.3. The van der Waals surface area contributed by atoms with Gasteiger partial charge in [-0.2, -0.15) is 0 Å². The first-order chi connectivity index (χ1) is 7.54. The first kappa shape index (κ1) is 12.6. The molecule has 0 amide bonds. The van der Waals surface area contributed by atoms with E-state index < -0.39 is 18.4 Å². The Labute approximate surface area is 92.2 Å². The largest absolute Gasteiger partial charge is 0.468 e. The van der Waals surface area contributed by atoms with E-state index in [1.165, 1.54) is 25.3 Å². The van der Waals surface area contributed by atoms with Crippen LogP contribution >= 0.6 is 0 Å². The van der Waals surface area contributed by atoms with Crippen molar-refractivity contribution >= 4 is 5.97 Å². The van der Waals surface area contributed by atoms with Gasteiger partial charge in [-0.05, 0) is 12.0 Å². The Hall–Kier alpha value is -1.49. The van der Waals surface area contributed by atoms with Crippen LogP contribution in [0.3, 0.4) is 0 Å². The molecule has 0 aromatic heterocycles. The number of rotatable bonds is 4. The first-order valence-electron chi connectivity index (χ1n) is 4.75. The molecule has 88 valence electrons. The minimum absolute atomic E-state index is 0.0745. The zero-order valence-corrected chi connectivity index (χ0v) is 8.82. The molecule has 0 bridgehead atoms. The zero-order chi connectivity index (χ0) is 12.1. The summed E-state index contributed by atoms with van der Waals surface area (Å²) < 4.78 is 29.2. The van der Waals surface area contributed by atoms with E-state index in [0.717, 1.165) is 0 Å². The molecule has 1 atom stereocenters. The molecule has 0 spiro atoms. The Bertz CT molecular complexity index is 369. The van der Waals surface area contributed by atoms with E-state index in [4.69, 9.17) is 5.73 Å². The highest BCUT2D eigenvalue weighted by Gasteiger charge is 2.15. The summed E-state index contributed by atoms with van der Waals surface area (Å²) in [5.74, 6) is -0.553. The van der Waals surface area contributed by atoms with E-state index in [9.17, 15) is 13.6 Å². The number of esters is 1. The third-order valence-electron chi connectivity index (χ3n) is 2.16. The zero-order valence-electron chi connectivity index (χ0n) is 8.82. The van der Waals surface area contributed by atoms with Crippen molar-refractivity contribution in [2.45, 2.75) is 18.9 Å². The van der Waals surface area contributed by atoms with Gasteiger partial charge in [-0.15, -0.1) is 0 Å². The molecule has 0 saturated heterocycles. The summed E-state index contributed by atoms with van der Waals surface area (Å²) in [5.41, 5.74) is 6.04. The van der Waals surface area contributed by atoms with Gasteiger partial charge in [0.1, 0.15) is 6.04 Å². The molecule has 0 aliphatic heterocycles. The average Bonchev–Trinajstić information content (AvgIpc) is 2.28. The lowest BCUT2D eigenvalue weighted by Gasteiger charge is -2.10. The summed E-state index contributed by atoms with van der Waals surface area (Å²) in [6.07, 6.45) is -2.33. The fourth-order valence-corrected chi connectivity index (χ4v) is 1.34. The summed E-state index contributed by atoms with van der Waals surface area (Å²) >= 11 is 0. The lowest BCUT2D eigenvalue weighted by molar-refractivity contribution is -0.142. The summed E-state index contributed by atoms with van der Waals surface area (Å²) in [5, 5.41) is 0. The van der Waals surface area contributed by atoms with Crippen LogP contribution in [0.2, 0.25) is 0 Å². The molecule has 5 heteroatoms. The van der Waals surface area contributed by atoms with E-state index >= 15 is 0 Å². The molecule has 0 saturated carbocycles. The van der Waals surface area contributed by atoms with Gasteiger partial charge >= 0.3 is 5.97 Å². The van der Waals surface area contributed by atoms with Gasteiger partial charge in [-0.25, -0.2) is 8.78 Å². The van der Waals surface area contributed by atoms with E-state index in [2.05, 4.69) is 4.74 Å². The lowest BCUT2D eigenvalue weighted by atomic mass is 10.0. The Morgan fingerprint density at radius 2 is 2.19 bits per heavy atom. The second kappa shape index (κ2) is 5.55. The molecule has 0 aliphatic rings. The van der Waals surface area contributed by atoms with Crippen LogP contribution in [0.1, 0.15) is 17.6 Å². The van der Waals surface area contributed by atoms with Gasteiger partial charge in [0.2, 0.25) is 0 Å². The van der Waals surface area contributed by atoms with Crippen molar-refractivity contribution in [1.29, 1.82) is 0 Å². The Morgan fingerprint density at radius 1 is 1.50 bits per heavy atom. The SMILES string of the molecule is COC(=O)[C@@H](N)Cc1cccc(C(F)F)c1. The van der Waals surface area contributed by atoms with Crippen LogP contribution in [0.5, 0.6) is 0 Å². The third kappa shape index (κ3) is 3.27. The molecule has 0 heterocycles. The molecule has 2 N–H and O–H groups in total. The number of halogens is 2. The van der Waals surface area contributed by atoms with Gasteiger partial charge in [-0.1, -0.05) is 24.3 Å². The molecule has 0 radical (unpaired) electrons. The Morgan fingerprint density at radius 3 is 2.75 bits per heavy atom. The minimum atomic E-state index is -2.52. The van der Waals surface area contributed by atoms with Crippen LogP contribution in [-0.4, -0.2) is 19.1 Å². The molecule has 1 rings (SSSR count). The minimum Gasteiger partial charge on any atom is -0.468 e. The lowest BCUT2D eigenvalue weighted by Crippen LogP contribution is -2.33. The fourth-order valence-electron chi connectivity index (χ4n) is 1.34. The third-order valence-corrected chi connectivity index (χ3v) is 2.16. The maximum Gasteiger partial charge on any atom is 0.322 e. The highest BCUT2D eigenvalue weighted by Crippen LogP contribution is 2.19. The summed E-state index contributed by atoms with van der Waals surface area (Å²) in [7, 11) is 1.23. The van der Waals surface area contributed by atoms with Gasteiger partial charge in [0.15, 0.2) is 0 Å². The van der Waals surface area contributed by atoms with E-state index in [-0.39, 0.29) is 12.0 Å². The van der Waals surface area contributed by atoms with Gasteiger partial charge < -0.3 is 10.5 Å². The highest BCUT2D eigenvalue weighted by molar-refractivity contribution is 5.75. The summed E-state index contributed by atoms with van der Waals surface area (Å²) in [4.78, 5) is 11.0. The number of carbonyl (C=O) groups excluding carboxylic acids is 1. The van der Waals surface area contributed by atoms with Crippen molar-refractivity contribution in [1.82, 2.24) is 0 Å². The number of carbonyl (C=O) groups is 1. The molecule has 16 heavy (non-hydrogen) atoms. The van der Waals surface area contributed by atoms with Gasteiger partial charge in [0.05, 0.1) is 7.11 Å². The predicted molar refractivity (Wildman–Crippen MR) is 55.1 cm³/mol. The Balaban J connectivity index is 2.74. The van der Waals surface area contributed by atoms with Crippen LogP contribution in [0.4, 0.5) is 8.78 Å². The number of nitrogens with two attached hydrogens (primary N) is 1. The van der Waals surface area contributed by atoms with Crippen molar-refractivity contribution in [3.05, 3.63) is 35.4 Å². The fraction of sp³-hybridized carbons (Fsp3) is 0.364. The summed E-state index contributed by atoms with van der Waals surface area (Å²) in [6, 6.07) is 5.01. The first-order valence-corrected chi connectivity index (χ1v) is 4.75. The maximum absolute atomic E-state index is 12.4. The van der Waals surface area contributed by atoms with Gasteiger partial charge in [0.25, 0.3) is 6.43 Å². The van der Waals surface area contributed by atoms with E-state index in [1.54, 1.807) is 6.07 Å². The topological polar surface area (TPSA) is 52.3 Å². The number of ether oxygens (including phenoxy) is 1. The Kier molecular flexibility index (Phi) is 4.37. The van der Waals surface area contributed by atoms with Crippen LogP contribution in [0.25, 0.3) is 0 Å². The van der Waals surface area contributed by atoms with Crippen molar-refractivity contribution in [2.75, 3.05) is 7.11 Å². The smallest absolute Gasteiger partial charge is 0.322 e. The normalized spacial score (nSPS) is 12.6. The van der Waals surface area contributed by atoms with E-state index in [1.807, 2.05) is 0 Å². The molecule has 0 aliphatic carbocycles. The van der Waals surface area contributed by atoms with Crippen LogP contribution < -0.4 is 5.73 Å². The quantitative estimate of drug-likeness (QED) is 0.799. The monoisotopic (exact) mass is 229 g/mol. The number of alkyl halides is 2. The van der Waals surface area contributed by atoms with Gasteiger partial charge in [-0.3, -0.25) is 4.79 Å². The molecular formula is C11H13F2NO2. The second-order valence-corrected chi connectivity index (χ2v) is 3.38. The molecular weight excluding hydrogens is 216 g/mol. The molecule has 0 unspecified atom stereocenters. The maximum atomic E-state index is 12.4. The van der Waals surface area contributed by atoms with Crippen LogP contribution in [0.15, 0.2) is 24.3 Å².